The second kappa shape index (κ2) is 7.05. The van der Waals surface area contributed by atoms with Crippen LogP contribution < -0.4 is 10.6 Å². The van der Waals surface area contributed by atoms with Crippen LogP contribution in [0.15, 0.2) is 23.4 Å². The molecule has 0 saturated carbocycles. The van der Waals surface area contributed by atoms with E-state index in [9.17, 15) is 0 Å². The molecule has 0 aliphatic carbocycles. The number of hydrogen-bond acceptors (Lipinski definition) is 5. The van der Waals surface area contributed by atoms with Crippen LogP contribution in [0.25, 0.3) is 0 Å². The van der Waals surface area contributed by atoms with Gasteiger partial charge in [-0.05, 0) is 18.2 Å². The summed E-state index contributed by atoms with van der Waals surface area (Å²) in [7, 11) is 0. The van der Waals surface area contributed by atoms with E-state index in [1.54, 1.807) is 23.1 Å². The molecule has 6 nitrogen and oxygen atoms in total. The second-order valence-corrected chi connectivity index (χ2v) is 3.99. The van der Waals surface area contributed by atoms with Crippen LogP contribution in [-0.2, 0) is 0 Å². The van der Waals surface area contributed by atoms with Gasteiger partial charge in [-0.3, -0.25) is 0 Å². The summed E-state index contributed by atoms with van der Waals surface area (Å²) in [6, 6.07) is 4.91. The standard InChI is InChI=1S/C11H16ClN3O3/c12-9-7-8(11(13)14-18)1-2-10(9)15(3-5-16)4-6-17/h1-2,7,16-18H,3-6H2,(H2,13,14). The normalized spacial score (nSPS) is 11.6. The SMILES string of the molecule is NC(=NO)c1ccc(N(CCO)CCO)c(Cl)c1. The van der Waals surface area contributed by atoms with Gasteiger partial charge < -0.3 is 26.1 Å². The van der Waals surface area contributed by atoms with E-state index >= 15 is 0 Å². The zero-order valence-corrected chi connectivity index (χ0v) is 10.5. The van der Waals surface area contributed by atoms with Crippen LogP contribution in [0.3, 0.4) is 0 Å². The van der Waals surface area contributed by atoms with Gasteiger partial charge in [0.25, 0.3) is 0 Å². The fourth-order valence-electron chi connectivity index (χ4n) is 1.57. The van der Waals surface area contributed by atoms with Crippen molar-refractivity contribution in [1.29, 1.82) is 0 Å². The van der Waals surface area contributed by atoms with Crippen LogP contribution in [0.5, 0.6) is 0 Å². The Kier molecular flexibility index (Phi) is 5.70. The molecule has 1 aromatic carbocycles. The molecule has 0 atom stereocenters. The minimum absolute atomic E-state index is 0.0284. The summed E-state index contributed by atoms with van der Waals surface area (Å²) in [5.41, 5.74) is 6.63. The van der Waals surface area contributed by atoms with Crippen LogP contribution in [0, 0.1) is 0 Å². The highest BCUT2D eigenvalue weighted by molar-refractivity contribution is 6.33. The molecule has 0 unspecified atom stereocenters. The number of halogens is 1. The fraction of sp³-hybridized carbons (Fsp3) is 0.364. The van der Waals surface area contributed by atoms with E-state index in [0.29, 0.717) is 29.4 Å². The Morgan fingerprint density at radius 2 is 1.89 bits per heavy atom. The van der Waals surface area contributed by atoms with Gasteiger partial charge in [-0.25, -0.2) is 0 Å². The minimum atomic E-state index is -0.0433. The highest BCUT2D eigenvalue weighted by Crippen LogP contribution is 2.26. The molecule has 0 amide bonds. The summed E-state index contributed by atoms with van der Waals surface area (Å²) >= 11 is 6.10. The molecule has 0 aromatic heterocycles. The van der Waals surface area contributed by atoms with Crippen molar-refractivity contribution in [2.75, 3.05) is 31.2 Å². The maximum absolute atomic E-state index is 8.96. The van der Waals surface area contributed by atoms with Crippen molar-refractivity contribution < 1.29 is 15.4 Å². The number of amidine groups is 1. The van der Waals surface area contributed by atoms with E-state index in [1.165, 1.54) is 0 Å². The number of benzene rings is 1. The van der Waals surface area contributed by atoms with Crippen LogP contribution in [0.2, 0.25) is 5.02 Å². The van der Waals surface area contributed by atoms with Gasteiger partial charge in [-0.2, -0.15) is 0 Å². The molecule has 0 heterocycles. The molecule has 0 aliphatic heterocycles. The third-order valence-electron chi connectivity index (χ3n) is 2.43. The summed E-state index contributed by atoms with van der Waals surface area (Å²) in [6.07, 6.45) is 0. The number of anilines is 1. The Morgan fingerprint density at radius 1 is 1.28 bits per heavy atom. The van der Waals surface area contributed by atoms with Crippen LogP contribution >= 0.6 is 11.6 Å². The van der Waals surface area contributed by atoms with Crippen molar-refractivity contribution >= 4 is 23.1 Å². The minimum Gasteiger partial charge on any atom is -0.409 e. The molecule has 1 rings (SSSR count). The van der Waals surface area contributed by atoms with Crippen molar-refractivity contribution in [2.45, 2.75) is 0 Å². The zero-order chi connectivity index (χ0) is 13.5. The lowest BCUT2D eigenvalue weighted by Crippen LogP contribution is -2.30. The summed E-state index contributed by atoms with van der Waals surface area (Å²) in [5.74, 6) is -0.0284. The Bertz CT molecular complexity index is 420. The summed E-state index contributed by atoms with van der Waals surface area (Å²) < 4.78 is 0. The van der Waals surface area contributed by atoms with Crippen molar-refractivity contribution in [3.05, 3.63) is 28.8 Å². The van der Waals surface area contributed by atoms with E-state index in [4.69, 9.17) is 32.8 Å². The van der Waals surface area contributed by atoms with Gasteiger partial charge in [0.2, 0.25) is 0 Å². The number of aliphatic hydroxyl groups excluding tert-OH is 2. The number of hydrogen-bond donors (Lipinski definition) is 4. The van der Waals surface area contributed by atoms with Gasteiger partial charge >= 0.3 is 0 Å². The number of nitrogens with zero attached hydrogens (tertiary/aromatic N) is 2. The lowest BCUT2D eigenvalue weighted by atomic mass is 10.1. The van der Waals surface area contributed by atoms with Gasteiger partial charge in [-0.1, -0.05) is 16.8 Å². The molecule has 0 aliphatic rings. The predicted molar refractivity (Wildman–Crippen MR) is 70.3 cm³/mol. The van der Waals surface area contributed by atoms with E-state index in [0.717, 1.165) is 0 Å². The van der Waals surface area contributed by atoms with Crippen LogP contribution in [-0.4, -0.2) is 47.6 Å². The molecule has 5 N–H and O–H groups in total. The molecular weight excluding hydrogens is 258 g/mol. The van der Waals surface area contributed by atoms with Crippen LogP contribution in [0.1, 0.15) is 5.56 Å². The lowest BCUT2D eigenvalue weighted by Gasteiger charge is -2.24. The largest absolute Gasteiger partial charge is 0.409 e. The smallest absolute Gasteiger partial charge is 0.170 e. The topological polar surface area (TPSA) is 102 Å². The second-order valence-electron chi connectivity index (χ2n) is 3.59. The summed E-state index contributed by atoms with van der Waals surface area (Å²) in [5, 5.41) is 29.8. The van der Waals surface area contributed by atoms with E-state index in [2.05, 4.69) is 5.16 Å². The van der Waals surface area contributed by atoms with Gasteiger partial charge in [0, 0.05) is 18.7 Å². The monoisotopic (exact) mass is 273 g/mol. The maximum atomic E-state index is 8.96. The van der Waals surface area contributed by atoms with Gasteiger partial charge in [0.05, 0.1) is 23.9 Å². The third kappa shape index (κ3) is 3.49. The molecule has 0 bridgehead atoms. The molecule has 0 fully saturated rings. The third-order valence-corrected chi connectivity index (χ3v) is 2.73. The average molecular weight is 274 g/mol. The highest BCUT2D eigenvalue weighted by Gasteiger charge is 2.11. The highest BCUT2D eigenvalue weighted by atomic mass is 35.5. The van der Waals surface area contributed by atoms with Crippen LogP contribution in [0.4, 0.5) is 5.69 Å². The summed E-state index contributed by atoms with van der Waals surface area (Å²) in [4.78, 5) is 1.75. The number of aliphatic hydroxyl groups is 2. The quantitative estimate of drug-likeness (QED) is 0.257. The Morgan fingerprint density at radius 3 is 2.33 bits per heavy atom. The van der Waals surface area contributed by atoms with E-state index < -0.39 is 0 Å². The van der Waals surface area contributed by atoms with Crippen molar-refractivity contribution in [1.82, 2.24) is 0 Å². The fourth-order valence-corrected chi connectivity index (χ4v) is 1.87. The molecule has 1 aromatic rings. The van der Waals surface area contributed by atoms with Gasteiger partial charge in [-0.15, -0.1) is 0 Å². The lowest BCUT2D eigenvalue weighted by molar-refractivity contribution is 0.281. The number of oxime groups is 1. The first-order chi connectivity index (χ1) is 8.63. The van der Waals surface area contributed by atoms with E-state index in [-0.39, 0.29) is 19.0 Å². The summed E-state index contributed by atoms with van der Waals surface area (Å²) in [6.45, 7) is 0.642. The zero-order valence-electron chi connectivity index (χ0n) is 9.75. The molecule has 100 valence electrons. The molecule has 0 saturated heterocycles. The Labute approximate surface area is 110 Å². The molecule has 7 heteroatoms. The maximum Gasteiger partial charge on any atom is 0.170 e. The first-order valence-electron chi connectivity index (χ1n) is 5.38. The average Bonchev–Trinajstić information content (AvgIpc) is 2.37. The predicted octanol–water partition coefficient (Wildman–Crippen LogP) is 0.226. The van der Waals surface area contributed by atoms with Gasteiger partial charge in [0.15, 0.2) is 5.84 Å². The van der Waals surface area contributed by atoms with Crippen molar-refractivity contribution in [3.8, 4) is 0 Å². The van der Waals surface area contributed by atoms with Gasteiger partial charge in [0.1, 0.15) is 0 Å². The molecule has 0 spiro atoms. The number of rotatable bonds is 6. The molecular formula is C11H16ClN3O3. The number of nitrogens with two attached hydrogens (primary N) is 1. The van der Waals surface area contributed by atoms with Crippen molar-refractivity contribution in [3.63, 3.8) is 0 Å². The Hall–Kier alpha value is -1.50. The first-order valence-corrected chi connectivity index (χ1v) is 5.76. The van der Waals surface area contributed by atoms with Crippen molar-refractivity contribution in [2.24, 2.45) is 10.9 Å². The first kappa shape index (κ1) is 14.6. The van der Waals surface area contributed by atoms with E-state index in [1.807, 2.05) is 0 Å². The Balaban J connectivity index is 3.02. The molecule has 0 radical (unpaired) electrons. The molecule has 18 heavy (non-hydrogen) atoms.